The molecule has 2 aromatic carbocycles. The van der Waals surface area contributed by atoms with E-state index in [1.54, 1.807) is 18.2 Å². The first kappa shape index (κ1) is 22.9. The van der Waals surface area contributed by atoms with Crippen molar-refractivity contribution in [2.45, 2.75) is 12.7 Å². The number of halogens is 4. The molecule has 6 nitrogen and oxygen atoms in total. The van der Waals surface area contributed by atoms with Crippen LogP contribution in [0.3, 0.4) is 0 Å². The van der Waals surface area contributed by atoms with Gasteiger partial charge < -0.3 is 19.4 Å². The fourth-order valence-corrected chi connectivity index (χ4v) is 3.46. The van der Waals surface area contributed by atoms with E-state index < -0.39 is 11.7 Å². The summed E-state index contributed by atoms with van der Waals surface area (Å²) in [5.74, 6) is 0.831. The van der Waals surface area contributed by atoms with Gasteiger partial charge in [0.15, 0.2) is 5.82 Å². The van der Waals surface area contributed by atoms with Crippen LogP contribution in [0.2, 0.25) is 5.02 Å². The number of hydrogen-bond acceptors (Lipinski definition) is 5. The highest BCUT2D eigenvalue weighted by Crippen LogP contribution is 2.36. The van der Waals surface area contributed by atoms with Crippen molar-refractivity contribution >= 4 is 34.1 Å². The van der Waals surface area contributed by atoms with Crippen molar-refractivity contribution in [3.05, 3.63) is 78.6 Å². The molecular formula is C23H19ClF3N4O2. The van der Waals surface area contributed by atoms with E-state index in [1.165, 1.54) is 18.5 Å². The second-order valence-electron chi connectivity index (χ2n) is 6.98. The maximum atomic E-state index is 12.9. The number of anilines is 2. The molecule has 1 radical (unpaired) electrons. The van der Waals surface area contributed by atoms with Crippen LogP contribution in [0.1, 0.15) is 5.56 Å². The van der Waals surface area contributed by atoms with E-state index in [1.807, 2.05) is 16.8 Å². The smallest absolute Gasteiger partial charge is 0.416 e. The van der Waals surface area contributed by atoms with Crippen molar-refractivity contribution in [3.63, 3.8) is 0 Å². The fraction of sp³-hybridized carbons (Fsp3) is 0.174. The molecule has 4 aromatic rings. The van der Waals surface area contributed by atoms with Crippen molar-refractivity contribution in [2.75, 3.05) is 18.5 Å². The third-order valence-electron chi connectivity index (χ3n) is 4.75. The highest BCUT2D eigenvalue weighted by molar-refractivity contribution is 6.32. The molecule has 0 aliphatic heterocycles. The van der Waals surface area contributed by atoms with Gasteiger partial charge in [0.05, 0.1) is 22.7 Å². The Morgan fingerprint density at radius 2 is 1.94 bits per heavy atom. The molecular weight excluding hydrogens is 457 g/mol. The summed E-state index contributed by atoms with van der Waals surface area (Å²) in [5.41, 5.74) is 1.38. The van der Waals surface area contributed by atoms with Crippen LogP contribution >= 0.6 is 11.6 Å². The predicted molar refractivity (Wildman–Crippen MR) is 120 cm³/mol. The van der Waals surface area contributed by atoms with Crippen molar-refractivity contribution in [3.8, 4) is 11.5 Å². The van der Waals surface area contributed by atoms with Crippen molar-refractivity contribution in [2.24, 2.45) is 0 Å². The van der Waals surface area contributed by atoms with Crippen LogP contribution in [-0.4, -0.2) is 27.7 Å². The third kappa shape index (κ3) is 5.37. The number of nitrogens with one attached hydrogen (secondary N) is 1. The molecule has 33 heavy (non-hydrogen) atoms. The topological polar surface area (TPSA) is 61.2 Å². The van der Waals surface area contributed by atoms with Crippen molar-refractivity contribution in [1.29, 1.82) is 0 Å². The predicted octanol–water partition coefficient (Wildman–Crippen LogP) is 6.49. The van der Waals surface area contributed by atoms with E-state index in [9.17, 15) is 13.2 Å². The first-order valence-electron chi connectivity index (χ1n) is 9.93. The van der Waals surface area contributed by atoms with Crippen LogP contribution in [0.4, 0.5) is 24.7 Å². The summed E-state index contributed by atoms with van der Waals surface area (Å²) < 4.78 is 51.7. The average molecular weight is 476 g/mol. The highest BCUT2D eigenvalue weighted by atomic mass is 35.5. The van der Waals surface area contributed by atoms with Gasteiger partial charge >= 0.3 is 6.18 Å². The van der Waals surface area contributed by atoms with Gasteiger partial charge in [0, 0.05) is 25.0 Å². The minimum absolute atomic E-state index is 0.0345. The standard InChI is InChI=1S/C23H19ClF3N4O2/c1-2-32-11-10-31-9-8-19-21(31)22(29-14-28-19)30-16-6-7-20(18(24)13-16)33-17-5-3-4-15(12-17)23(25,26)27/h3-9,12-14H,1-2,10-11H2,(H,28,29,30). The monoisotopic (exact) mass is 475 g/mol. The number of hydrogen-bond donors (Lipinski definition) is 1. The second-order valence-corrected chi connectivity index (χ2v) is 7.38. The number of benzene rings is 2. The van der Waals surface area contributed by atoms with E-state index in [4.69, 9.17) is 21.1 Å². The number of ether oxygens (including phenoxy) is 2. The normalized spacial score (nSPS) is 11.7. The zero-order chi connectivity index (χ0) is 23.4. The molecule has 2 heterocycles. The Kier molecular flexibility index (Phi) is 6.71. The van der Waals surface area contributed by atoms with Gasteiger partial charge in [0.1, 0.15) is 23.3 Å². The van der Waals surface area contributed by atoms with Crippen LogP contribution in [-0.2, 0) is 17.5 Å². The maximum Gasteiger partial charge on any atom is 0.416 e. The molecule has 0 aliphatic carbocycles. The Balaban J connectivity index is 1.55. The van der Waals surface area contributed by atoms with E-state index >= 15 is 0 Å². The van der Waals surface area contributed by atoms with Crippen LogP contribution in [0.5, 0.6) is 11.5 Å². The Morgan fingerprint density at radius 3 is 2.70 bits per heavy atom. The summed E-state index contributed by atoms with van der Waals surface area (Å²) in [4.78, 5) is 8.62. The SMILES string of the molecule is [CH2]COCCn1ccc2ncnc(Nc3ccc(Oc4cccc(C(F)(F)F)c4)c(Cl)c3)c21. The maximum absolute atomic E-state index is 12.9. The van der Waals surface area contributed by atoms with Gasteiger partial charge in [-0.15, -0.1) is 0 Å². The average Bonchev–Trinajstić information content (AvgIpc) is 3.20. The molecule has 2 aromatic heterocycles. The van der Waals surface area contributed by atoms with Crippen LogP contribution in [0.25, 0.3) is 11.0 Å². The second kappa shape index (κ2) is 9.68. The zero-order valence-corrected chi connectivity index (χ0v) is 18.0. The zero-order valence-electron chi connectivity index (χ0n) is 17.3. The lowest BCUT2D eigenvalue weighted by molar-refractivity contribution is -0.137. The summed E-state index contributed by atoms with van der Waals surface area (Å²) in [6.45, 7) is 5.14. The largest absolute Gasteiger partial charge is 0.456 e. The van der Waals surface area contributed by atoms with Crippen molar-refractivity contribution in [1.82, 2.24) is 14.5 Å². The Labute approximate surface area is 192 Å². The third-order valence-corrected chi connectivity index (χ3v) is 5.05. The van der Waals surface area contributed by atoms with Gasteiger partial charge in [-0.25, -0.2) is 9.97 Å². The van der Waals surface area contributed by atoms with Gasteiger partial charge in [-0.1, -0.05) is 17.7 Å². The number of rotatable bonds is 8. The Hall–Kier alpha value is -3.30. The molecule has 0 amide bonds. The lowest BCUT2D eigenvalue weighted by atomic mass is 10.2. The molecule has 0 atom stereocenters. The molecule has 0 unspecified atom stereocenters. The highest BCUT2D eigenvalue weighted by Gasteiger charge is 2.30. The molecule has 171 valence electrons. The summed E-state index contributed by atoms with van der Waals surface area (Å²) in [7, 11) is 0. The van der Waals surface area contributed by atoms with Gasteiger partial charge in [-0.2, -0.15) is 13.2 Å². The first-order chi connectivity index (χ1) is 15.8. The van der Waals surface area contributed by atoms with E-state index in [0.29, 0.717) is 31.3 Å². The molecule has 0 fully saturated rings. The lowest BCUT2D eigenvalue weighted by Crippen LogP contribution is -2.06. The van der Waals surface area contributed by atoms with E-state index in [-0.39, 0.29) is 16.5 Å². The quantitative estimate of drug-likeness (QED) is 0.295. The lowest BCUT2D eigenvalue weighted by Gasteiger charge is -2.13. The number of fused-ring (bicyclic) bond motifs is 1. The van der Waals surface area contributed by atoms with Crippen LogP contribution in [0.15, 0.2) is 61.1 Å². The summed E-state index contributed by atoms with van der Waals surface area (Å²) in [6, 6.07) is 11.4. The Bertz CT molecular complexity index is 1260. The van der Waals surface area contributed by atoms with Gasteiger partial charge in [0.25, 0.3) is 0 Å². The molecule has 4 rings (SSSR count). The molecule has 0 saturated carbocycles. The van der Waals surface area contributed by atoms with E-state index in [2.05, 4.69) is 22.2 Å². The number of aromatic nitrogens is 3. The summed E-state index contributed by atoms with van der Waals surface area (Å²) in [6.07, 6.45) is -1.11. The van der Waals surface area contributed by atoms with Gasteiger partial charge in [-0.05, 0) is 49.4 Å². The molecule has 0 bridgehead atoms. The van der Waals surface area contributed by atoms with Gasteiger partial charge in [-0.3, -0.25) is 0 Å². The number of nitrogens with zero attached hydrogens (tertiary/aromatic N) is 3. The van der Waals surface area contributed by atoms with Crippen LogP contribution in [0, 0.1) is 6.92 Å². The first-order valence-corrected chi connectivity index (χ1v) is 10.3. The molecule has 10 heteroatoms. The minimum atomic E-state index is -4.46. The molecule has 0 aliphatic rings. The van der Waals surface area contributed by atoms with E-state index in [0.717, 1.165) is 23.2 Å². The molecule has 1 N–H and O–H groups in total. The summed E-state index contributed by atoms with van der Waals surface area (Å²) >= 11 is 6.34. The van der Waals surface area contributed by atoms with Crippen molar-refractivity contribution < 1.29 is 22.6 Å². The fourth-order valence-electron chi connectivity index (χ4n) is 3.24. The number of alkyl halides is 3. The van der Waals surface area contributed by atoms with Gasteiger partial charge in [0.2, 0.25) is 0 Å². The van der Waals surface area contributed by atoms with Crippen LogP contribution < -0.4 is 10.1 Å². The summed E-state index contributed by atoms with van der Waals surface area (Å²) in [5, 5.41) is 3.43. The Morgan fingerprint density at radius 1 is 1.09 bits per heavy atom. The minimum Gasteiger partial charge on any atom is -0.456 e. The molecule has 0 spiro atoms. The molecule has 0 saturated heterocycles.